The van der Waals surface area contributed by atoms with Gasteiger partial charge in [-0.2, -0.15) is 0 Å². The molecule has 0 aromatic heterocycles. The van der Waals surface area contributed by atoms with E-state index in [4.69, 9.17) is 0 Å². The van der Waals surface area contributed by atoms with Gasteiger partial charge in [-0.15, -0.1) is 0 Å². The molecule has 3 nitrogen and oxygen atoms in total. The fourth-order valence-electron chi connectivity index (χ4n) is 1.36. The Kier molecular flexibility index (Phi) is 5.98. The SMILES string of the molecule is CCCCNC(=O)Nc1c(Br)cc(C)cc1Br. The Hall–Kier alpha value is -0.550. The highest BCUT2D eigenvalue weighted by Gasteiger charge is 2.09. The van der Waals surface area contributed by atoms with Gasteiger partial charge in [-0.25, -0.2) is 4.79 Å². The lowest BCUT2D eigenvalue weighted by atomic mass is 10.2. The maximum absolute atomic E-state index is 11.6. The molecule has 0 heterocycles. The molecule has 0 saturated carbocycles. The van der Waals surface area contributed by atoms with Crippen LogP contribution in [0.1, 0.15) is 25.3 Å². The lowest BCUT2D eigenvalue weighted by Crippen LogP contribution is -2.29. The van der Waals surface area contributed by atoms with Gasteiger partial charge in [0.15, 0.2) is 0 Å². The van der Waals surface area contributed by atoms with Crippen molar-refractivity contribution in [3.05, 3.63) is 26.6 Å². The molecule has 1 rings (SSSR count). The molecule has 0 radical (unpaired) electrons. The molecule has 0 atom stereocenters. The van der Waals surface area contributed by atoms with Crippen LogP contribution in [-0.4, -0.2) is 12.6 Å². The predicted octanol–water partition coefficient (Wildman–Crippen LogP) is 4.44. The van der Waals surface area contributed by atoms with Crippen molar-refractivity contribution in [1.82, 2.24) is 5.32 Å². The van der Waals surface area contributed by atoms with Gasteiger partial charge in [0.05, 0.1) is 5.69 Å². The van der Waals surface area contributed by atoms with Crippen LogP contribution in [0.3, 0.4) is 0 Å². The number of carbonyl (C=O) groups excluding carboxylic acids is 1. The van der Waals surface area contributed by atoms with Crippen LogP contribution in [0, 0.1) is 6.92 Å². The number of halogens is 2. The van der Waals surface area contributed by atoms with Gasteiger partial charge in [0, 0.05) is 15.5 Å². The first-order chi connectivity index (χ1) is 8.04. The van der Waals surface area contributed by atoms with Gasteiger partial charge in [-0.1, -0.05) is 13.3 Å². The zero-order valence-electron chi connectivity index (χ0n) is 9.94. The van der Waals surface area contributed by atoms with Crippen molar-refractivity contribution in [3.63, 3.8) is 0 Å². The highest BCUT2D eigenvalue weighted by Crippen LogP contribution is 2.32. The van der Waals surface area contributed by atoms with E-state index in [0.29, 0.717) is 6.54 Å². The van der Waals surface area contributed by atoms with E-state index in [2.05, 4.69) is 49.4 Å². The number of amides is 2. The zero-order valence-corrected chi connectivity index (χ0v) is 13.1. The third kappa shape index (κ3) is 4.68. The van der Waals surface area contributed by atoms with E-state index in [1.807, 2.05) is 19.1 Å². The molecule has 0 saturated heterocycles. The minimum atomic E-state index is -0.177. The van der Waals surface area contributed by atoms with E-state index in [9.17, 15) is 4.79 Å². The van der Waals surface area contributed by atoms with E-state index in [1.54, 1.807) is 0 Å². The molecular formula is C12H16Br2N2O. The molecule has 0 aliphatic heterocycles. The average molecular weight is 364 g/mol. The molecule has 0 spiro atoms. The normalized spacial score (nSPS) is 10.1. The fraction of sp³-hybridized carbons (Fsp3) is 0.417. The third-order valence-corrected chi connectivity index (χ3v) is 3.49. The summed E-state index contributed by atoms with van der Waals surface area (Å²) in [5.74, 6) is 0. The Balaban J connectivity index is 2.65. The van der Waals surface area contributed by atoms with Crippen molar-refractivity contribution in [1.29, 1.82) is 0 Å². The Morgan fingerprint density at radius 1 is 1.29 bits per heavy atom. The maximum Gasteiger partial charge on any atom is 0.319 e. The molecule has 5 heteroatoms. The molecule has 0 unspecified atom stereocenters. The first kappa shape index (κ1) is 14.5. The van der Waals surface area contributed by atoms with Crippen LogP contribution in [0.25, 0.3) is 0 Å². The predicted molar refractivity (Wildman–Crippen MR) is 78.5 cm³/mol. The Morgan fingerprint density at radius 2 is 1.88 bits per heavy atom. The molecule has 0 fully saturated rings. The van der Waals surface area contributed by atoms with Gasteiger partial charge in [0.1, 0.15) is 0 Å². The first-order valence-electron chi connectivity index (χ1n) is 5.55. The van der Waals surface area contributed by atoms with E-state index in [-0.39, 0.29) is 6.03 Å². The smallest absolute Gasteiger partial charge is 0.319 e. The van der Waals surface area contributed by atoms with Crippen molar-refractivity contribution in [3.8, 4) is 0 Å². The second-order valence-electron chi connectivity index (χ2n) is 3.84. The standard InChI is InChI=1S/C12H16Br2N2O/c1-3-4-5-15-12(17)16-11-9(13)6-8(2)7-10(11)14/h6-7H,3-5H2,1-2H3,(H2,15,16,17). The van der Waals surface area contributed by atoms with Crippen LogP contribution in [0.2, 0.25) is 0 Å². The molecule has 0 bridgehead atoms. The molecule has 2 amide bonds. The minimum Gasteiger partial charge on any atom is -0.338 e. The number of nitrogens with one attached hydrogen (secondary N) is 2. The molecule has 1 aromatic carbocycles. The number of aryl methyl sites for hydroxylation is 1. The number of carbonyl (C=O) groups is 1. The molecule has 17 heavy (non-hydrogen) atoms. The monoisotopic (exact) mass is 362 g/mol. The van der Waals surface area contributed by atoms with Gasteiger partial charge in [-0.05, 0) is 62.9 Å². The summed E-state index contributed by atoms with van der Waals surface area (Å²) in [4.78, 5) is 11.6. The van der Waals surface area contributed by atoms with Crippen molar-refractivity contribution in [2.24, 2.45) is 0 Å². The van der Waals surface area contributed by atoms with Gasteiger partial charge in [0.2, 0.25) is 0 Å². The fourth-order valence-corrected chi connectivity index (χ4v) is 2.97. The van der Waals surface area contributed by atoms with Crippen LogP contribution < -0.4 is 10.6 Å². The first-order valence-corrected chi connectivity index (χ1v) is 7.13. The van der Waals surface area contributed by atoms with Crippen molar-refractivity contribution < 1.29 is 4.79 Å². The number of urea groups is 1. The second-order valence-corrected chi connectivity index (χ2v) is 5.55. The number of hydrogen-bond acceptors (Lipinski definition) is 1. The third-order valence-electron chi connectivity index (χ3n) is 2.24. The van der Waals surface area contributed by atoms with Gasteiger partial charge in [-0.3, -0.25) is 0 Å². The summed E-state index contributed by atoms with van der Waals surface area (Å²) in [5.41, 5.74) is 1.88. The second kappa shape index (κ2) is 7.01. The highest BCUT2D eigenvalue weighted by molar-refractivity contribution is 9.11. The van der Waals surface area contributed by atoms with Crippen molar-refractivity contribution >= 4 is 43.6 Å². The molecular weight excluding hydrogens is 348 g/mol. The molecule has 2 N–H and O–H groups in total. The number of benzene rings is 1. The zero-order chi connectivity index (χ0) is 12.8. The average Bonchev–Trinajstić information content (AvgIpc) is 2.24. The highest BCUT2D eigenvalue weighted by atomic mass is 79.9. The lowest BCUT2D eigenvalue weighted by molar-refractivity contribution is 0.252. The van der Waals surface area contributed by atoms with E-state index >= 15 is 0 Å². The Labute approximate surface area is 119 Å². The molecule has 0 aliphatic rings. The van der Waals surface area contributed by atoms with Crippen LogP contribution in [0.15, 0.2) is 21.1 Å². The van der Waals surface area contributed by atoms with Crippen molar-refractivity contribution in [2.45, 2.75) is 26.7 Å². The molecule has 1 aromatic rings. The number of unbranched alkanes of at least 4 members (excludes halogenated alkanes) is 1. The minimum absolute atomic E-state index is 0.177. The van der Waals surface area contributed by atoms with Crippen LogP contribution in [0.4, 0.5) is 10.5 Å². The summed E-state index contributed by atoms with van der Waals surface area (Å²) in [6.07, 6.45) is 2.06. The van der Waals surface area contributed by atoms with E-state index in [1.165, 1.54) is 0 Å². The van der Waals surface area contributed by atoms with Crippen LogP contribution >= 0.6 is 31.9 Å². The summed E-state index contributed by atoms with van der Waals surface area (Å²) in [5, 5.41) is 5.63. The van der Waals surface area contributed by atoms with E-state index < -0.39 is 0 Å². The summed E-state index contributed by atoms with van der Waals surface area (Å²) in [6.45, 7) is 4.79. The molecule has 94 valence electrons. The Bertz CT molecular complexity index is 384. The summed E-state index contributed by atoms with van der Waals surface area (Å²) in [6, 6.07) is 3.75. The molecule has 0 aliphatic carbocycles. The van der Waals surface area contributed by atoms with Crippen LogP contribution in [-0.2, 0) is 0 Å². The van der Waals surface area contributed by atoms with Gasteiger partial charge >= 0.3 is 6.03 Å². The quantitative estimate of drug-likeness (QED) is 0.762. The van der Waals surface area contributed by atoms with Crippen molar-refractivity contribution in [2.75, 3.05) is 11.9 Å². The van der Waals surface area contributed by atoms with E-state index in [0.717, 1.165) is 33.0 Å². The lowest BCUT2D eigenvalue weighted by Gasteiger charge is -2.11. The number of hydrogen-bond donors (Lipinski definition) is 2. The Morgan fingerprint density at radius 3 is 2.41 bits per heavy atom. The largest absolute Gasteiger partial charge is 0.338 e. The number of anilines is 1. The maximum atomic E-state index is 11.6. The summed E-state index contributed by atoms with van der Waals surface area (Å²) < 4.78 is 1.74. The summed E-state index contributed by atoms with van der Waals surface area (Å²) in [7, 11) is 0. The summed E-state index contributed by atoms with van der Waals surface area (Å²) >= 11 is 6.87. The van der Waals surface area contributed by atoms with Crippen LogP contribution in [0.5, 0.6) is 0 Å². The van der Waals surface area contributed by atoms with Gasteiger partial charge < -0.3 is 10.6 Å². The number of rotatable bonds is 4. The van der Waals surface area contributed by atoms with Gasteiger partial charge in [0.25, 0.3) is 0 Å². The topological polar surface area (TPSA) is 41.1 Å².